The summed E-state index contributed by atoms with van der Waals surface area (Å²) in [7, 11) is 3.43. The number of carbonyl (C=O) groups is 1. The normalized spacial score (nSPS) is 19.4. The molecule has 8 nitrogen and oxygen atoms in total. The molecule has 2 aliphatic rings. The fourth-order valence-corrected chi connectivity index (χ4v) is 4.32. The summed E-state index contributed by atoms with van der Waals surface area (Å²) in [6, 6.07) is 7.79. The van der Waals surface area contributed by atoms with Gasteiger partial charge in [-0.05, 0) is 37.0 Å². The molecule has 158 valence electrons. The van der Waals surface area contributed by atoms with E-state index in [4.69, 9.17) is 9.72 Å². The summed E-state index contributed by atoms with van der Waals surface area (Å²) >= 11 is 0. The lowest BCUT2D eigenvalue weighted by molar-refractivity contribution is -0.120. The summed E-state index contributed by atoms with van der Waals surface area (Å²) in [6.07, 6.45) is 8.72. The van der Waals surface area contributed by atoms with Gasteiger partial charge >= 0.3 is 0 Å². The molecule has 2 heterocycles. The predicted molar refractivity (Wildman–Crippen MR) is 118 cm³/mol. The molecule has 8 heteroatoms. The second kappa shape index (κ2) is 8.69. The monoisotopic (exact) mass is 408 g/mol. The van der Waals surface area contributed by atoms with Crippen LogP contribution < -0.4 is 20.0 Å². The summed E-state index contributed by atoms with van der Waals surface area (Å²) in [4.78, 5) is 26.0. The first-order chi connectivity index (χ1) is 14.6. The molecule has 1 saturated carbocycles. The first-order valence-corrected chi connectivity index (χ1v) is 10.5. The van der Waals surface area contributed by atoms with Crippen LogP contribution in [0.25, 0.3) is 0 Å². The Hall–Kier alpha value is -3.16. The molecular weight excluding hydrogens is 380 g/mol. The van der Waals surface area contributed by atoms with Crippen molar-refractivity contribution >= 4 is 29.6 Å². The van der Waals surface area contributed by atoms with E-state index in [0.29, 0.717) is 12.0 Å². The van der Waals surface area contributed by atoms with Crippen molar-refractivity contribution in [2.24, 2.45) is 5.10 Å². The molecule has 0 radical (unpaired) electrons. The molecular formula is C22H28N6O2. The van der Waals surface area contributed by atoms with E-state index in [9.17, 15) is 4.79 Å². The number of aromatic nitrogens is 2. The van der Waals surface area contributed by atoms with Gasteiger partial charge in [-0.1, -0.05) is 31.9 Å². The third kappa shape index (κ3) is 3.81. The number of carbonyl (C=O) groups excluding carboxylic acids is 1. The highest BCUT2D eigenvalue weighted by Gasteiger charge is 2.41. The Labute approximate surface area is 177 Å². The molecule has 2 aromatic rings. The number of methoxy groups -OCH3 is 1. The first-order valence-electron chi connectivity index (χ1n) is 10.5. The molecule has 0 bridgehead atoms. The van der Waals surface area contributed by atoms with Crippen LogP contribution in [0.15, 0.2) is 35.6 Å². The van der Waals surface area contributed by atoms with Crippen LogP contribution in [0.3, 0.4) is 0 Å². The van der Waals surface area contributed by atoms with E-state index in [2.05, 4.69) is 27.3 Å². The van der Waals surface area contributed by atoms with Crippen molar-refractivity contribution < 1.29 is 9.53 Å². The lowest BCUT2D eigenvalue weighted by Crippen LogP contribution is -2.55. The molecule has 1 amide bonds. The summed E-state index contributed by atoms with van der Waals surface area (Å²) in [5.41, 5.74) is 4.58. The number of hydrogen-bond acceptors (Lipinski definition) is 7. The van der Waals surface area contributed by atoms with E-state index in [1.54, 1.807) is 31.5 Å². The summed E-state index contributed by atoms with van der Waals surface area (Å²) in [5.74, 6) is 2.10. The lowest BCUT2D eigenvalue weighted by Gasteiger charge is -2.43. The van der Waals surface area contributed by atoms with E-state index in [-0.39, 0.29) is 11.9 Å². The minimum Gasteiger partial charge on any atom is -0.497 e. The molecule has 4 rings (SSSR count). The third-order valence-electron chi connectivity index (χ3n) is 5.88. The SMILES string of the molecule is CCC1C(=O)N(C)c2cnc(NN=Cc3cccc(OC)c3)nc2N1C1CCCC1. The zero-order chi connectivity index (χ0) is 21.1. The molecule has 1 unspecified atom stereocenters. The van der Waals surface area contributed by atoms with Crippen LogP contribution >= 0.6 is 0 Å². The van der Waals surface area contributed by atoms with Gasteiger partial charge < -0.3 is 14.5 Å². The number of rotatable bonds is 6. The van der Waals surface area contributed by atoms with Crippen LogP contribution in [0.4, 0.5) is 17.5 Å². The number of amides is 1. The maximum Gasteiger partial charge on any atom is 0.249 e. The van der Waals surface area contributed by atoms with Crippen LogP contribution in [0.5, 0.6) is 5.75 Å². The Morgan fingerprint density at radius 2 is 2.13 bits per heavy atom. The number of anilines is 3. The van der Waals surface area contributed by atoms with E-state index in [0.717, 1.165) is 42.1 Å². The second-order valence-corrected chi connectivity index (χ2v) is 7.72. The van der Waals surface area contributed by atoms with Crippen LogP contribution in [0.2, 0.25) is 0 Å². The standard InChI is InChI=1S/C22H28N6O2/c1-4-18-21(29)27(2)19-14-23-22(25-20(19)28(18)16-9-5-6-10-16)26-24-13-15-8-7-11-17(12-15)30-3/h7-8,11-14,16,18H,4-6,9-10H2,1-3H3,(H,23,25,26). The van der Waals surface area contributed by atoms with Gasteiger partial charge in [0.2, 0.25) is 11.9 Å². The molecule has 1 aromatic heterocycles. The third-order valence-corrected chi connectivity index (χ3v) is 5.88. The van der Waals surface area contributed by atoms with Gasteiger partial charge in [-0.25, -0.2) is 10.4 Å². The van der Waals surface area contributed by atoms with Crippen molar-refractivity contribution in [1.82, 2.24) is 9.97 Å². The molecule has 1 aromatic carbocycles. The minimum atomic E-state index is -0.186. The Kier molecular flexibility index (Phi) is 5.83. The van der Waals surface area contributed by atoms with Crippen molar-refractivity contribution in [2.75, 3.05) is 29.4 Å². The summed E-state index contributed by atoms with van der Waals surface area (Å²) in [5, 5.41) is 4.28. The van der Waals surface area contributed by atoms with E-state index in [1.165, 1.54) is 12.8 Å². The molecule has 1 aliphatic heterocycles. The Morgan fingerprint density at radius 3 is 2.87 bits per heavy atom. The largest absolute Gasteiger partial charge is 0.497 e. The van der Waals surface area contributed by atoms with Crippen molar-refractivity contribution in [3.05, 3.63) is 36.0 Å². The fraction of sp³-hybridized carbons (Fsp3) is 0.455. The number of ether oxygens (including phenoxy) is 1. The molecule has 1 fully saturated rings. The number of hydrogen-bond donors (Lipinski definition) is 1. The highest BCUT2D eigenvalue weighted by Crippen LogP contribution is 2.39. The molecule has 1 N–H and O–H groups in total. The Balaban J connectivity index is 1.61. The van der Waals surface area contributed by atoms with Gasteiger partial charge in [-0.2, -0.15) is 10.1 Å². The average molecular weight is 409 g/mol. The van der Waals surface area contributed by atoms with E-state index >= 15 is 0 Å². The van der Waals surface area contributed by atoms with Gasteiger partial charge in [-0.3, -0.25) is 4.79 Å². The molecule has 30 heavy (non-hydrogen) atoms. The first kappa shape index (κ1) is 20.1. The van der Waals surface area contributed by atoms with Crippen molar-refractivity contribution in [3.63, 3.8) is 0 Å². The maximum absolute atomic E-state index is 12.9. The number of hydrazone groups is 1. The van der Waals surface area contributed by atoms with Gasteiger partial charge in [-0.15, -0.1) is 0 Å². The molecule has 1 aliphatic carbocycles. The molecule has 0 saturated heterocycles. The van der Waals surface area contributed by atoms with Gasteiger partial charge in [0.15, 0.2) is 5.82 Å². The van der Waals surface area contributed by atoms with E-state index < -0.39 is 0 Å². The number of fused-ring (bicyclic) bond motifs is 1. The lowest BCUT2D eigenvalue weighted by atomic mass is 10.0. The number of likely N-dealkylation sites (N-methyl/N-ethyl adjacent to an activating group) is 1. The molecule has 1 atom stereocenters. The fourth-order valence-electron chi connectivity index (χ4n) is 4.32. The Bertz CT molecular complexity index is 941. The summed E-state index contributed by atoms with van der Waals surface area (Å²) < 4.78 is 5.24. The highest BCUT2D eigenvalue weighted by atomic mass is 16.5. The van der Waals surface area contributed by atoms with Crippen LogP contribution in [-0.4, -0.2) is 48.3 Å². The smallest absolute Gasteiger partial charge is 0.249 e. The number of benzene rings is 1. The Morgan fingerprint density at radius 1 is 1.33 bits per heavy atom. The average Bonchev–Trinajstić information content (AvgIpc) is 3.30. The zero-order valence-corrected chi connectivity index (χ0v) is 17.7. The predicted octanol–water partition coefficient (Wildman–Crippen LogP) is 3.44. The summed E-state index contributed by atoms with van der Waals surface area (Å²) in [6.45, 7) is 2.06. The van der Waals surface area contributed by atoms with Crippen LogP contribution in [0, 0.1) is 0 Å². The zero-order valence-electron chi connectivity index (χ0n) is 17.7. The maximum atomic E-state index is 12.9. The second-order valence-electron chi connectivity index (χ2n) is 7.72. The van der Waals surface area contributed by atoms with Crippen molar-refractivity contribution in [3.8, 4) is 5.75 Å². The minimum absolute atomic E-state index is 0.109. The highest BCUT2D eigenvalue weighted by molar-refractivity contribution is 6.04. The van der Waals surface area contributed by atoms with Gasteiger partial charge in [0.1, 0.15) is 17.5 Å². The van der Waals surface area contributed by atoms with Crippen molar-refractivity contribution in [2.45, 2.75) is 51.1 Å². The van der Waals surface area contributed by atoms with Gasteiger partial charge in [0, 0.05) is 13.1 Å². The van der Waals surface area contributed by atoms with Crippen LogP contribution in [0.1, 0.15) is 44.6 Å². The topological polar surface area (TPSA) is 83.0 Å². The van der Waals surface area contributed by atoms with E-state index in [1.807, 2.05) is 24.3 Å². The molecule has 0 spiro atoms. The number of nitrogens with one attached hydrogen (secondary N) is 1. The van der Waals surface area contributed by atoms with Crippen molar-refractivity contribution in [1.29, 1.82) is 0 Å². The van der Waals surface area contributed by atoms with Gasteiger partial charge in [0.25, 0.3) is 0 Å². The number of nitrogens with zero attached hydrogens (tertiary/aromatic N) is 5. The van der Waals surface area contributed by atoms with Gasteiger partial charge in [0.05, 0.1) is 19.5 Å². The quantitative estimate of drug-likeness (QED) is 0.582. The van der Waals surface area contributed by atoms with Crippen LogP contribution in [-0.2, 0) is 4.79 Å².